The van der Waals surface area contributed by atoms with Crippen LogP contribution in [0.1, 0.15) is 25.3 Å². The molecule has 5 nitrogen and oxygen atoms in total. The highest BCUT2D eigenvalue weighted by atomic mass is 16.5. The molecule has 1 aliphatic heterocycles. The van der Waals surface area contributed by atoms with Crippen molar-refractivity contribution in [2.75, 3.05) is 33.4 Å². The normalized spacial score (nSPS) is 16.7. The van der Waals surface area contributed by atoms with Gasteiger partial charge in [-0.25, -0.2) is 0 Å². The first-order valence-electron chi connectivity index (χ1n) is 8.60. The largest absolute Gasteiger partial charge is 0.493 e. The average Bonchev–Trinajstić information content (AvgIpc) is 3.12. The number of hydrogen-bond donors (Lipinski definition) is 1. The van der Waals surface area contributed by atoms with Gasteiger partial charge >= 0.3 is 0 Å². The Hall–Kier alpha value is -2.01. The molecule has 1 heterocycles. The number of carbonyl (C=O) groups excluding carboxylic acids is 1. The number of allylic oxidation sites excluding steroid dienone is 1. The molecule has 0 aliphatic carbocycles. The number of carbonyl (C=O) groups is 1. The predicted octanol–water partition coefficient (Wildman–Crippen LogP) is 2.40. The van der Waals surface area contributed by atoms with Crippen LogP contribution in [-0.2, 0) is 11.2 Å². The molecule has 1 unspecified atom stereocenters. The van der Waals surface area contributed by atoms with Gasteiger partial charge < -0.3 is 19.7 Å². The Morgan fingerprint density at radius 1 is 1.46 bits per heavy atom. The van der Waals surface area contributed by atoms with Crippen LogP contribution >= 0.6 is 0 Å². The zero-order valence-electron chi connectivity index (χ0n) is 14.7. The lowest BCUT2D eigenvalue weighted by molar-refractivity contribution is -0.135. The molecule has 2 rings (SSSR count). The van der Waals surface area contributed by atoms with Crippen molar-refractivity contribution < 1.29 is 14.3 Å². The molecule has 132 valence electrons. The van der Waals surface area contributed by atoms with Gasteiger partial charge in [-0.15, -0.1) is 6.58 Å². The molecule has 1 aromatic rings. The van der Waals surface area contributed by atoms with E-state index in [-0.39, 0.29) is 18.6 Å². The molecule has 1 aliphatic rings. The van der Waals surface area contributed by atoms with Gasteiger partial charge in [-0.3, -0.25) is 4.79 Å². The molecule has 24 heavy (non-hydrogen) atoms. The number of hydrogen-bond acceptors (Lipinski definition) is 4. The number of methoxy groups -OCH3 is 1. The fourth-order valence-corrected chi connectivity index (χ4v) is 3.00. The minimum absolute atomic E-state index is 0.0303. The maximum atomic E-state index is 12.6. The molecule has 1 amide bonds. The van der Waals surface area contributed by atoms with Gasteiger partial charge in [0.05, 0.1) is 7.11 Å². The van der Waals surface area contributed by atoms with Gasteiger partial charge in [-0.2, -0.15) is 0 Å². The van der Waals surface area contributed by atoms with E-state index in [1.807, 2.05) is 29.2 Å². The van der Waals surface area contributed by atoms with Crippen LogP contribution in [0.2, 0.25) is 0 Å². The molecule has 0 bridgehead atoms. The van der Waals surface area contributed by atoms with Crippen LogP contribution in [0, 0.1) is 0 Å². The maximum Gasteiger partial charge on any atom is 0.260 e. The first kappa shape index (κ1) is 18.3. The van der Waals surface area contributed by atoms with Crippen LogP contribution < -0.4 is 14.8 Å². The first-order valence-corrected chi connectivity index (χ1v) is 8.60. The third-order valence-electron chi connectivity index (χ3n) is 4.22. The summed E-state index contributed by atoms with van der Waals surface area (Å²) in [6.45, 7) is 8.47. The Labute approximate surface area is 144 Å². The monoisotopic (exact) mass is 332 g/mol. The molecular formula is C19H28N2O3. The van der Waals surface area contributed by atoms with E-state index in [2.05, 4.69) is 18.8 Å². The van der Waals surface area contributed by atoms with Crippen LogP contribution in [0.5, 0.6) is 11.5 Å². The number of nitrogens with one attached hydrogen (secondary N) is 1. The van der Waals surface area contributed by atoms with Gasteiger partial charge in [0.1, 0.15) is 0 Å². The van der Waals surface area contributed by atoms with Gasteiger partial charge in [-0.05, 0) is 43.5 Å². The lowest BCUT2D eigenvalue weighted by Crippen LogP contribution is -2.44. The second kappa shape index (κ2) is 9.33. The van der Waals surface area contributed by atoms with E-state index in [0.717, 1.165) is 44.5 Å². The van der Waals surface area contributed by atoms with E-state index in [4.69, 9.17) is 9.47 Å². The van der Waals surface area contributed by atoms with E-state index in [0.29, 0.717) is 11.5 Å². The lowest BCUT2D eigenvalue weighted by Gasteiger charge is -2.28. The third-order valence-corrected chi connectivity index (χ3v) is 4.22. The summed E-state index contributed by atoms with van der Waals surface area (Å²) in [7, 11) is 1.61. The van der Waals surface area contributed by atoms with Crippen molar-refractivity contribution in [3.8, 4) is 11.5 Å². The SMILES string of the molecule is C=CCc1ccc(OCC(=O)N(CCC)C2CCNC2)c(OC)c1. The standard InChI is InChI=1S/C19H28N2O3/c1-4-6-15-7-8-17(18(12-15)23-3)24-14-19(22)21(11-5-2)16-9-10-20-13-16/h4,7-8,12,16,20H,1,5-6,9-11,13-14H2,2-3H3. The van der Waals surface area contributed by atoms with Crippen molar-refractivity contribution in [3.05, 3.63) is 36.4 Å². The summed E-state index contributed by atoms with van der Waals surface area (Å²) in [6.07, 6.45) is 4.57. The Kier molecular flexibility index (Phi) is 7.12. The molecule has 1 atom stereocenters. The maximum absolute atomic E-state index is 12.6. The molecular weight excluding hydrogens is 304 g/mol. The molecule has 1 fully saturated rings. The van der Waals surface area contributed by atoms with Crippen molar-refractivity contribution in [2.45, 2.75) is 32.2 Å². The van der Waals surface area contributed by atoms with Crippen LogP contribution in [0.15, 0.2) is 30.9 Å². The van der Waals surface area contributed by atoms with Gasteiger partial charge in [0.25, 0.3) is 5.91 Å². The van der Waals surface area contributed by atoms with Crippen molar-refractivity contribution in [2.24, 2.45) is 0 Å². The summed E-state index contributed by atoms with van der Waals surface area (Å²) in [5, 5.41) is 3.31. The Bertz CT molecular complexity index is 554. The number of amides is 1. The second-order valence-electron chi connectivity index (χ2n) is 6.00. The van der Waals surface area contributed by atoms with Gasteiger partial charge in [0.2, 0.25) is 0 Å². The number of benzene rings is 1. The summed E-state index contributed by atoms with van der Waals surface area (Å²) in [5.74, 6) is 1.27. The molecule has 1 saturated heterocycles. The second-order valence-corrected chi connectivity index (χ2v) is 6.00. The minimum atomic E-state index is 0.0303. The topological polar surface area (TPSA) is 50.8 Å². The highest BCUT2D eigenvalue weighted by Crippen LogP contribution is 2.28. The van der Waals surface area contributed by atoms with E-state index in [9.17, 15) is 4.79 Å². The minimum Gasteiger partial charge on any atom is -0.493 e. The van der Waals surface area contributed by atoms with E-state index in [1.165, 1.54) is 0 Å². The third kappa shape index (κ3) is 4.74. The van der Waals surface area contributed by atoms with Gasteiger partial charge in [-0.1, -0.05) is 19.1 Å². The summed E-state index contributed by atoms with van der Waals surface area (Å²) < 4.78 is 11.1. The number of ether oxygens (including phenoxy) is 2. The lowest BCUT2D eigenvalue weighted by atomic mass is 10.1. The van der Waals surface area contributed by atoms with Gasteiger partial charge in [0, 0.05) is 19.1 Å². The van der Waals surface area contributed by atoms with Crippen LogP contribution in [0.3, 0.4) is 0 Å². The predicted molar refractivity (Wildman–Crippen MR) is 95.7 cm³/mol. The Morgan fingerprint density at radius 3 is 2.92 bits per heavy atom. The fraction of sp³-hybridized carbons (Fsp3) is 0.526. The molecule has 0 spiro atoms. The number of nitrogens with zero attached hydrogens (tertiary/aromatic N) is 1. The number of rotatable bonds is 9. The van der Waals surface area contributed by atoms with Crippen molar-refractivity contribution in [1.82, 2.24) is 10.2 Å². The van der Waals surface area contributed by atoms with E-state index >= 15 is 0 Å². The zero-order valence-corrected chi connectivity index (χ0v) is 14.7. The van der Waals surface area contributed by atoms with Crippen LogP contribution in [-0.4, -0.2) is 50.2 Å². The van der Waals surface area contributed by atoms with Crippen LogP contribution in [0.4, 0.5) is 0 Å². The van der Waals surface area contributed by atoms with Gasteiger partial charge in [0.15, 0.2) is 18.1 Å². The van der Waals surface area contributed by atoms with E-state index in [1.54, 1.807) is 7.11 Å². The molecule has 0 radical (unpaired) electrons. The van der Waals surface area contributed by atoms with Crippen molar-refractivity contribution >= 4 is 5.91 Å². The quantitative estimate of drug-likeness (QED) is 0.706. The highest BCUT2D eigenvalue weighted by molar-refractivity contribution is 5.78. The summed E-state index contributed by atoms with van der Waals surface area (Å²) >= 11 is 0. The Morgan fingerprint density at radius 2 is 2.29 bits per heavy atom. The highest BCUT2D eigenvalue weighted by Gasteiger charge is 2.26. The summed E-state index contributed by atoms with van der Waals surface area (Å²) in [4.78, 5) is 14.5. The average molecular weight is 332 g/mol. The first-order chi connectivity index (χ1) is 11.7. The summed E-state index contributed by atoms with van der Waals surface area (Å²) in [6, 6.07) is 6.02. The fourth-order valence-electron chi connectivity index (χ4n) is 3.00. The molecule has 1 N–H and O–H groups in total. The molecule has 0 saturated carbocycles. The smallest absolute Gasteiger partial charge is 0.260 e. The summed E-state index contributed by atoms with van der Waals surface area (Å²) in [5.41, 5.74) is 1.10. The van der Waals surface area contributed by atoms with Crippen molar-refractivity contribution in [1.29, 1.82) is 0 Å². The molecule has 1 aromatic carbocycles. The van der Waals surface area contributed by atoms with E-state index < -0.39 is 0 Å². The van der Waals surface area contributed by atoms with Crippen LogP contribution in [0.25, 0.3) is 0 Å². The molecule has 5 heteroatoms. The van der Waals surface area contributed by atoms with Crippen molar-refractivity contribution in [3.63, 3.8) is 0 Å². The Balaban J connectivity index is 2.00. The zero-order chi connectivity index (χ0) is 17.4. The molecule has 0 aromatic heterocycles.